The summed E-state index contributed by atoms with van der Waals surface area (Å²) in [6.07, 6.45) is 5.40. The molecule has 8 heteroatoms. The topological polar surface area (TPSA) is 75.6 Å². The van der Waals surface area contributed by atoms with Gasteiger partial charge in [0.25, 0.3) is 0 Å². The van der Waals surface area contributed by atoms with Crippen molar-refractivity contribution in [1.82, 2.24) is 19.9 Å². The molecule has 25 heavy (non-hydrogen) atoms. The highest BCUT2D eigenvalue weighted by Crippen LogP contribution is 2.22. The molecule has 124 valence electrons. The van der Waals surface area contributed by atoms with Crippen LogP contribution in [0.2, 0.25) is 0 Å². The smallest absolute Gasteiger partial charge is 0.182 e. The Bertz CT molecular complexity index is 920. The molecule has 4 rings (SSSR count). The van der Waals surface area contributed by atoms with Crippen molar-refractivity contribution in [3.63, 3.8) is 0 Å². The fraction of sp³-hybridized carbons (Fsp3) is 0.0588. The largest absolute Gasteiger partial charge is 0.357 e. The zero-order valence-electron chi connectivity index (χ0n) is 13.1. The van der Waals surface area contributed by atoms with Crippen molar-refractivity contribution >= 4 is 39.4 Å². The molecule has 4 aromatic heterocycles. The molecule has 0 fully saturated rings. The van der Waals surface area contributed by atoms with Gasteiger partial charge in [-0.15, -0.1) is 22.7 Å². The third-order valence-electron chi connectivity index (χ3n) is 3.36. The fourth-order valence-corrected chi connectivity index (χ4v) is 3.33. The molecule has 0 radical (unpaired) electrons. The number of nitrogens with one attached hydrogen (secondary N) is 2. The normalized spacial score (nSPS) is 10.6. The zero-order chi connectivity index (χ0) is 16.9. The number of hydrogen-bond donors (Lipinski definition) is 2. The lowest BCUT2D eigenvalue weighted by molar-refractivity contribution is 1.10. The first-order valence-corrected chi connectivity index (χ1v) is 9.35. The van der Waals surface area contributed by atoms with E-state index in [9.17, 15) is 0 Å². The molecule has 0 saturated heterocycles. The second-order valence-corrected chi connectivity index (χ2v) is 6.90. The standard InChI is InChI=1S/C17H14N6S2/c1-2-13(16-18-6-8-24-16)22-15(3-1)23-14-5-4-12(10-20-14)11-21-17-19-7-9-25-17/h1-10H,11H2,(H,19,21)(H,20,22,23). The lowest BCUT2D eigenvalue weighted by atomic mass is 10.3. The van der Waals surface area contributed by atoms with Crippen LogP contribution in [0.1, 0.15) is 5.56 Å². The maximum Gasteiger partial charge on any atom is 0.182 e. The van der Waals surface area contributed by atoms with Crippen LogP contribution in [0.5, 0.6) is 0 Å². The summed E-state index contributed by atoms with van der Waals surface area (Å²) in [6, 6.07) is 9.79. The average Bonchev–Trinajstić information content (AvgIpc) is 3.35. The van der Waals surface area contributed by atoms with Crippen LogP contribution in [0.15, 0.2) is 59.7 Å². The Kier molecular flexibility index (Phi) is 4.62. The summed E-state index contributed by atoms with van der Waals surface area (Å²) in [5.41, 5.74) is 1.94. The van der Waals surface area contributed by atoms with Gasteiger partial charge >= 0.3 is 0 Å². The van der Waals surface area contributed by atoms with Gasteiger partial charge in [-0.3, -0.25) is 0 Å². The van der Waals surface area contributed by atoms with Gasteiger partial charge in [-0.25, -0.2) is 19.9 Å². The Morgan fingerprint density at radius 1 is 0.880 bits per heavy atom. The molecular weight excluding hydrogens is 352 g/mol. The molecule has 0 saturated carbocycles. The van der Waals surface area contributed by atoms with Crippen molar-refractivity contribution in [2.45, 2.75) is 6.54 Å². The van der Waals surface area contributed by atoms with Crippen molar-refractivity contribution in [3.05, 3.63) is 65.2 Å². The highest BCUT2D eigenvalue weighted by Gasteiger charge is 2.04. The molecule has 0 aliphatic heterocycles. The molecule has 6 nitrogen and oxygen atoms in total. The molecule has 0 spiro atoms. The molecule has 0 bridgehead atoms. The molecule has 0 unspecified atom stereocenters. The van der Waals surface area contributed by atoms with Crippen LogP contribution in [-0.2, 0) is 6.54 Å². The molecular formula is C17H14N6S2. The third-order valence-corrected chi connectivity index (χ3v) is 4.88. The summed E-state index contributed by atoms with van der Waals surface area (Å²) in [4.78, 5) is 17.5. The van der Waals surface area contributed by atoms with Gasteiger partial charge in [0.1, 0.15) is 22.3 Å². The van der Waals surface area contributed by atoms with E-state index in [4.69, 9.17) is 0 Å². The first-order valence-electron chi connectivity index (χ1n) is 7.59. The average molecular weight is 366 g/mol. The summed E-state index contributed by atoms with van der Waals surface area (Å²) >= 11 is 3.15. The molecule has 4 aromatic rings. The Labute approximate surface area is 152 Å². The van der Waals surface area contributed by atoms with Crippen molar-refractivity contribution in [3.8, 4) is 10.7 Å². The number of anilines is 3. The van der Waals surface area contributed by atoms with E-state index in [1.54, 1.807) is 35.1 Å². The van der Waals surface area contributed by atoms with Gasteiger partial charge in [0.2, 0.25) is 0 Å². The maximum absolute atomic E-state index is 4.58. The SMILES string of the molecule is c1cc(Nc2ccc(CNc3nccs3)cn2)nc(-c2nccs2)c1. The van der Waals surface area contributed by atoms with E-state index in [1.165, 1.54) is 0 Å². The van der Waals surface area contributed by atoms with Crippen LogP contribution in [0, 0.1) is 0 Å². The van der Waals surface area contributed by atoms with E-state index in [-0.39, 0.29) is 0 Å². The molecule has 0 aliphatic carbocycles. The van der Waals surface area contributed by atoms with Crippen LogP contribution < -0.4 is 10.6 Å². The number of nitrogens with zero attached hydrogens (tertiary/aromatic N) is 4. The van der Waals surface area contributed by atoms with E-state index in [0.717, 1.165) is 33.0 Å². The summed E-state index contributed by atoms with van der Waals surface area (Å²) < 4.78 is 0. The number of aromatic nitrogens is 4. The summed E-state index contributed by atoms with van der Waals surface area (Å²) in [6.45, 7) is 0.693. The Morgan fingerprint density at radius 2 is 1.80 bits per heavy atom. The molecule has 0 aliphatic rings. The Morgan fingerprint density at radius 3 is 2.56 bits per heavy atom. The predicted molar refractivity (Wildman–Crippen MR) is 102 cm³/mol. The van der Waals surface area contributed by atoms with E-state index in [1.807, 2.05) is 47.3 Å². The quantitative estimate of drug-likeness (QED) is 0.526. The predicted octanol–water partition coefficient (Wildman–Crippen LogP) is 4.41. The minimum atomic E-state index is 0.693. The number of pyridine rings is 2. The summed E-state index contributed by atoms with van der Waals surface area (Å²) in [5.74, 6) is 1.50. The summed E-state index contributed by atoms with van der Waals surface area (Å²) in [5, 5.41) is 12.2. The van der Waals surface area contributed by atoms with Gasteiger partial charge in [-0.1, -0.05) is 12.1 Å². The van der Waals surface area contributed by atoms with Crippen LogP contribution in [-0.4, -0.2) is 19.9 Å². The van der Waals surface area contributed by atoms with Gasteiger partial charge in [-0.05, 0) is 23.8 Å². The van der Waals surface area contributed by atoms with E-state index in [0.29, 0.717) is 6.54 Å². The minimum absolute atomic E-state index is 0.693. The zero-order valence-corrected chi connectivity index (χ0v) is 14.7. The highest BCUT2D eigenvalue weighted by molar-refractivity contribution is 7.13. The third kappa shape index (κ3) is 3.98. The molecule has 0 amide bonds. The van der Waals surface area contributed by atoms with Crippen molar-refractivity contribution < 1.29 is 0 Å². The molecule has 4 heterocycles. The number of hydrogen-bond acceptors (Lipinski definition) is 8. The van der Waals surface area contributed by atoms with Crippen LogP contribution in [0.4, 0.5) is 16.8 Å². The fourth-order valence-electron chi connectivity index (χ4n) is 2.20. The van der Waals surface area contributed by atoms with Crippen LogP contribution in [0.3, 0.4) is 0 Å². The van der Waals surface area contributed by atoms with E-state index < -0.39 is 0 Å². The number of thiazole rings is 2. The first kappa shape index (κ1) is 15.7. The first-order chi connectivity index (χ1) is 12.4. The van der Waals surface area contributed by atoms with E-state index in [2.05, 4.69) is 30.6 Å². The van der Waals surface area contributed by atoms with E-state index >= 15 is 0 Å². The van der Waals surface area contributed by atoms with Gasteiger partial charge in [0, 0.05) is 35.9 Å². The van der Waals surface area contributed by atoms with Crippen molar-refractivity contribution in [2.24, 2.45) is 0 Å². The maximum atomic E-state index is 4.58. The number of rotatable bonds is 6. The second-order valence-electron chi connectivity index (χ2n) is 5.11. The Balaban J connectivity index is 1.42. The van der Waals surface area contributed by atoms with Gasteiger partial charge in [0.05, 0.1) is 0 Å². The van der Waals surface area contributed by atoms with Gasteiger partial charge in [-0.2, -0.15) is 0 Å². The van der Waals surface area contributed by atoms with Crippen molar-refractivity contribution in [1.29, 1.82) is 0 Å². The molecule has 0 aromatic carbocycles. The monoisotopic (exact) mass is 366 g/mol. The molecule has 0 atom stereocenters. The highest BCUT2D eigenvalue weighted by atomic mass is 32.1. The van der Waals surface area contributed by atoms with Crippen molar-refractivity contribution in [2.75, 3.05) is 10.6 Å². The lowest BCUT2D eigenvalue weighted by Gasteiger charge is -2.07. The Hall–Kier alpha value is -2.84. The van der Waals surface area contributed by atoms with Gasteiger partial charge < -0.3 is 10.6 Å². The van der Waals surface area contributed by atoms with Crippen LogP contribution in [0.25, 0.3) is 10.7 Å². The second kappa shape index (κ2) is 7.37. The lowest BCUT2D eigenvalue weighted by Crippen LogP contribution is -2.01. The minimum Gasteiger partial charge on any atom is -0.357 e. The van der Waals surface area contributed by atoms with Crippen LogP contribution >= 0.6 is 22.7 Å². The van der Waals surface area contributed by atoms with Gasteiger partial charge in [0.15, 0.2) is 5.13 Å². The molecule has 2 N–H and O–H groups in total. The summed E-state index contributed by atoms with van der Waals surface area (Å²) in [7, 11) is 0.